The molecule has 0 spiro atoms. The van der Waals surface area contributed by atoms with Crippen LogP contribution in [0.1, 0.15) is 70.9 Å². The maximum absolute atomic E-state index is 14.5. The first-order valence-corrected chi connectivity index (χ1v) is 15.8. The molecule has 1 saturated heterocycles. The van der Waals surface area contributed by atoms with Gasteiger partial charge in [0.15, 0.2) is 5.78 Å². The van der Waals surface area contributed by atoms with Gasteiger partial charge in [-0.1, -0.05) is 37.3 Å². The summed E-state index contributed by atoms with van der Waals surface area (Å²) < 4.78 is 20.4. The van der Waals surface area contributed by atoms with Crippen molar-refractivity contribution in [3.63, 3.8) is 0 Å². The number of carbonyl (C=O) groups is 4. The molecule has 3 N–H and O–H groups in total. The van der Waals surface area contributed by atoms with Gasteiger partial charge >= 0.3 is 0 Å². The molecule has 3 amide bonds. The first-order chi connectivity index (χ1) is 21.4. The van der Waals surface area contributed by atoms with E-state index < -0.39 is 23.2 Å². The van der Waals surface area contributed by atoms with Crippen LogP contribution in [0.15, 0.2) is 48.5 Å². The van der Waals surface area contributed by atoms with Gasteiger partial charge in [-0.25, -0.2) is 4.39 Å². The maximum Gasteiger partial charge on any atom is 0.228 e. The van der Waals surface area contributed by atoms with Crippen LogP contribution < -0.4 is 15.4 Å². The van der Waals surface area contributed by atoms with E-state index >= 15 is 0 Å². The number of benzene rings is 2. The van der Waals surface area contributed by atoms with Crippen LogP contribution in [0.5, 0.6) is 5.75 Å². The SMILES string of the molecule is CC(=O)[C@H](CC(=O)N1CCCC(CCOc2ccc(F)c(CNC(=O)[C@@H](C)CCc3ccccc3)c2)C1)NC(=O)C(C)(C)CO. The number of aliphatic hydroxyl groups is 1. The van der Waals surface area contributed by atoms with Crippen LogP contribution in [0, 0.1) is 23.1 Å². The summed E-state index contributed by atoms with van der Waals surface area (Å²) in [6.07, 6.45) is 3.78. The van der Waals surface area contributed by atoms with Crippen LogP contribution in [0.25, 0.3) is 0 Å². The summed E-state index contributed by atoms with van der Waals surface area (Å²) in [5.41, 5.74) is 0.458. The number of likely N-dealkylation sites (tertiary alicyclic amines) is 1. The molecule has 2 aromatic carbocycles. The second-order valence-corrected chi connectivity index (χ2v) is 12.8. The predicted octanol–water partition coefficient (Wildman–Crippen LogP) is 4.20. The lowest BCUT2D eigenvalue weighted by molar-refractivity contribution is -0.138. The maximum atomic E-state index is 14.5. The Morgan fingerprint density at radius 3 is 2.56 bits per heavy atom. The smallest absolute Gasteiger partial charge is 0.228 e. The number of nitrogens with zero attached hydrogens (tertiary/aromatic N) is 1. The molecule has 1 heterocycles. The van der Waals surface area contributed by atoms with Gasteiger partial charge in [0.25, 0.3) is 0 Å². The zero-order valence-electron chi connectivity index (χ0n) is 26.9. The molecule has 3 atom stereocenters. The molecule has 1 aliphatic rings. The van der Waals surface area contributed by atoms with E-state index in [-0.39, 0.29) is 49.0 Å². The average Bonchev–Trinajstić information content (AvgIpc) is 3.03. The Labute approximate surface area is 265 Å². The fourth-order valence-corrected chi connectivity index (χ4v) is 5.19. The van der Waals surface area contributed by atoms with Gasteiger partial charge < -0.3 is 25.4 Å². The van der Waals surface area contributed by atoms with Gasteiger partial charge in [-0.05, 0) is 82.6 Å². The number of carbonyl (C=O) groups excluding carboxylic acids is 4. The third-order valence-electron chi connectivity index (χ3n) is 8.48. The number of amides is 3. The molecule has 1 fully saturated rings. The number of hydrogen-bond donors (Lipinski definition) is 3. The second kappa shape index (κ2) is 17.1. The van der Waals surface area contributed by atoms with Crippen LogP contribution in [-0.4, -0.2) is 65.9 Å². The van der Waals surface area contributed by atoms with Crippen molar-refractivity contribution in [1.82, 2.24) is 15.5 Å². The topological polar surface area (TPSA) is 125 Å². The summed E-state index contributed by atoms with van der Waals surface area (Å²) in [6, 6.07) is 13.5. The lowest BCUT2D eigenvalue weighted by atomic mass is 9.92. The molecule has 0 aromatic heterocycles. The van der Waals surface area contributed by atoms with Crippen molar-refractivity contribution in [2.24, 2.45) is 17.3 Å². The molecule has 9 nitrogen and oxygen atoms in total. The van der Waals surface area contributed by atoms with Gasteiger partial charge in [0.2, 0.25) is 17.7 Å². The quantitative estimate of drug-likeness (QED) is 0.257. The summed E-state index contributed by atoms with van der Waals surface area (Å²) in [6.45, 7) is 7.51. The predicted molar refractivity (Wildman–Crippen MR) is 170 cm³/mol. The summed E-state index contributed by atoms with van der Waals surface area (Å²) in [4.78, 5) is 52.0. The van der Waals surface area contributed by atoms with Crippen molar-refractivity contribution >= 4 is 23.5 Å². The summed E-state index contributed by atoms with van der Waals surface area (Å²) in [5.74, 6) is -1.05. The Hall–Kier alpha value is -3.79. The Bertz CT molecular complexity index is 1300. The highest BCUT2D eigenvalue weighted by Crippen LogP contribution is 2.23. The summed E-state index contributed by atoms with van der Waals surface area (Å²) in [7, 11) is 0. The number of rotatable bonds is 16. The largest absolute Gasteiger partial charge is 0.494 e. The molecule has 0 radical (unpaired) electrons. The molecular weight excluding hydrogens is 577 g/mol. The highest BCUT2D eigenvalue weighted by Gasteiger charge is 2.32. The molecule has 3 rings (SSSR count). The third kappa shape index (κ3) is 11.3. The molecule has 0 saturated carbocycles. The number of ether oxygens (including phenoxy) is 1. The van der Waals surface area contributed by atoms with Crippen molar-refractivity contribution in [2.45, 2.75) is 78.8 Å². The van der Waals surface area contributed by atoms with Crippen LogP contribution >= 0.6 is 0 Å². The van der Waals surface area contributed by atoms with Gasteiger partial charge in [0.1, 0.15) is 11.6 Å². The number of Topliss-reactive ketones (excluding diaryl/α,β-unsaturated/α-hetero) is 1. The Balaban J connectivity index is 1.45. The summed E-state index contributed by atoms with van der Waals surface area (Å²) >= 11 is 0. The van der Waals surface area contributed by atoms with Crippen molar-refractivity contribution in [3.05, 3.63) is 65.5 Å². The standard InChI is InChI=1S/C35H48FN3O6/c1-24(12-13-26-9-6-5-7-10-26)33(43)37-21-28-19-29(14-15-30(28)36)45-18-16-27-11-8-17-39(22-27)32(42)20-31(25(2)41)38-34(44)35(3,4)23-40/h5-7,9-10,14-15,19,24,27,31,40H,8,11-13,16-18,20-23H2,1-4H3,(H,37,43)(H,38,44)/t24-,27?,31-/m0/s1. The highest BCUT2D eigenvalue weighted by molar-refractivity contribution is 5.93. The van der Waals surface area contributed by atoms with E-state index in [1.54, 1.807) is 30.9 Å². The second-order valence-electron chi connectivity index (χ2n) is 12.8. The fraction of sp³-hybridized carbons (Fsp3) is 0.543. The van der Waals surface area contributed by atoms with Gasteiger partial charge in [0, 0.05) is 31.1 Å². The highest BCUT2D eigenvalue weighted by atomic mass is 19.1. The first kappa shape index (κ1) is 35.7. The molecule has 246 valence electrons. The molecule has 0 aliphatic carbocycles. The van der Waals surface area contributed by atoms with Gasteiger partial charge in [-0.15, -0.1) is 0 Å². The Morgan fingerprint density at radius 2 is 1.87 bits per heavy atom. The number of nitrogens with one attached hydrogen (secondary N) is 2. The van der Waals surface area contributed by atoms with E-state index in [1.165, 1.54) is 18.6 Å². The normalized spacial score (nSPS) is 16.4. The number of aliphatic hydroxyl groups excluding tert-OH is 1. The molecular formula is C35H48FN3O6. The average molecular weight is 626 g/mol. The molecule has 1 unspecified atom stereocenters. The number of halogens is 1. The molecule has 45 heavy (non-hydrogen) atoms. The van der Waals surface area contributed by atoms with Crippen molar-refractivity contribution in [1.29, 1.82) is 0 Å². The van der Waals surface area contributed by atoms with Gasteiger partial charge in [-0.2, -0.15) is 0 Å². The zero-order chi connectivity index (χ0) is 33.0. The minimum atomic E-state index is -1.06. The van der Waals surface area contributed by atoms with E-state index in [0.717, 1.165) is 19.3 Å². The summed E-state index contributed by atoms with van der Waals surface area (Å²) in [5, 5.41) is 14.9. The third-order valence-corrected chi connectivity index (χ3v) is 8.48. The lowest BCUT2D eigenvalue weighted by Gasteiger charge is -2.34. The van der Waals surface area contributed by atoms with E-state index in [2.05, 4.69) is 10.6 Å². The molecule has 10 heteroatoms. The van der Waals surface area contributed by atoms with Crippen molar-refractivity contribution in [3.8, 4) is 5.75 Å². The van der Waals surface area contributed by atoms with Crippen LogP contribution in [0.4, 0.5) is 4.39 Å². The van der Waals surface area contributed by atoms with Gasteiger partial charge in [-0.3, -0.25) is 19.2 Å². The van der Waals surface area contributed by atoms with Crippen LogP contribution in [-0.2, 0) is 32.1 Å². The van der Waals surface area contributed by atoms with E-state index in [0.29, 0.717) is 43.9 Å². The van der Waals surface area contributed by atoms with E-state index in [4.69, 9.17) is 4.74 Å². The fourth-order valence-electron chi connectivity index (χ4n) is 5.19. The Morgan fingerprint density at radius 1 is 1.13 bits per heavy atom. The van der Waals surface area contributed by atoms with Crippen molar-refractivity contribution in [2.75, 3.05) is 26.3 Å². The molecule has 1 aliphatic heterocycles. The molecule has 0 bridgehead atoms. The van der Waals surface area contributed by atoms with E-state index in [9.17, 15) is 28.7 Å². The Kier molecular flexibility index (Phi) is 13.5. The minimum absolute atomic E-state index is 0.0659. The van der Waals surface area contributed by atoms with Gasteiger partial charge in [0.05, 0.1) is 31.1 Å². The number of hydrogen-bond acceptors (Lipinski definition) is 6. The first-order valence-electron chi connectivity index (χ1n) is 15.8. The molecule has 2 aromatic rings. The zero-order valence-corrected chi connectivity index (χ0v) is 26.9. The van der Waals surface area contributed by atoms with Crippen LogP contribution in [0.2, 0.25) is 0 Å². The number of piperidine rings is 1. The lowest BCUT2D eigenvalue weighted by Crippen LogP contribution is -2.50. The van der Waals surface area contributed by atoms with E-state index in [1.807, 2.05) is 37.3 Å². The number of aryl methyl sites for hydroxylation is 1. The number of ketones is 1. The van der Waals surface area contributed by atoms with Crippen molar-refractivity contribution < 1.29 is 33.4 Å². The monoisotopic (exact) mass is 625 g/mol. The van der Waals surface area contributed by atoms with Crippen LogP contribution in [0.3, 0.4) is 0 Å². The minimum Gasteiger partial charge on any atom is -0.494 e.